The average molecular weight is 654 g/mol. The van der Waals surface area contributed by atoms with Gasteiger partial charge in [-0.25, -0.2) is 0 Å². The molecule has 4 aliphatic carbocycles. The number of carbonyl (C=O) groups is 2. The Morgan fingerprint density at radius 3 is 2.02 bits per heavy atom. The molecular weight excluding hydrogens is 586 g/mol. The number of allylic oxidation sites excluding steroid dienone is 1. The standard InChI is InChI=1S/C40H67N3O4/c1-24(2)27-14-17-40(35(47)43-30(23-45)26(5)6)19-18-38(10)28(33(27)40)12-13-32-37(9,20-21-41)31(15-16-39(32,38)11)36(7,8)34(46)42-29(22-44)25(3)4/h25-33,44-45H,1,12-20,22-23H2,2-11H3,(H,42,46)(H,43,47)/t27-,28?,29+,30+,31?,32?,33?,37-,38+,39+,40?/m0/s1. The number of fused-ring (bicyclic) bond motifs is 5. The van der Waals surface area contributed by atoms with Crippen molar-refractivity contribution in [2.45, 2.75) is 139 Å². The highest BCUT2D eigenvalue weighted by molar-refractivity contribution is 5.84. The quantitative estimate of drug-likeness (QED) is 0.178. The summed E-state index contributed by atoms with van der Waals surface area (Å²) in [6, 6.07) is 2.03. The van der Waals surface area contributed by atoms with Crippen LogP contribution in [-0.2, 0) is 9.59 Å². The van der Waals surface area contributed by atoms with Crippen molar-refractivity contribution in [2.75, 3.05) is 13.2 Å². The minimum absolute atomic E-state index is 0.0222. The second-order valence-electron chi connectivity index (χ2n) is 18.4. The normalized spacial score (nSPS) is 39.6. The van der Waals surface area contributed by atoms with Gasteiger partial charge in [-0.15, -0.1) is 0 Å². The van der Waals surface area contributed by atoms with Crippen molar-refractivity contribution in [2.24, 2.45) is 68.5 Å². The van der Waals surface area contributed by atoms with Gasteiger partial charge in [-0.1, -0.05) is 74.5 Å². The van der Waals surface area contributed by atoms with Crippen LogP contribution in [0.25, 0.3) is 0 Å². The highest BCUT2D eigenvalue weighted by Gasteiger charge is 2.71. The molecule has 4 fully saturated rings. The predicted molar refractivity (Wildman–Crippen MR) is 188 cm³/mol. The first kappa shape index (κ1) is 37.9. The third-order valence-corrected chi connectivity index (χ3v) is 15.3. The fourth-order valence-electron chi connectivity index (χ4n) is 12.2. The highest BCUT2D eigenvalue weighted by atomic mass is 16.3. The SMILES string of the molecule is C=C(C)[C@@H]1CCC2(C(=O)N[C@H](CO)C(C)C)CC[C@]3(C)C(CCC4[C@@](C)(CC#N)C(C(C)(C)C(=O)N[C@H](CO)C(C)C)CC[C@]43C)C12. The van der Waals surface area contributed by atoms with Crippen LogP contribution >= 0.6 is 0 Å². The van der Waals surface area contributed by atoms with Gasteiger partial charge in [0.15, 0.2) is 0 Å². The number of hydrogen-bond donors (Lipinski definition) is 4. The van der Waals surface area contributed by atoms with E-state index in [-0.39, 0.29) is 82.9 Å². The summed E-state index contributed by atoms with van der Waals surface area (Å²) < 4.78 is 0. The lowest BCUT2D eigenvalue weighted by Gasteiger charge is -2.71. The number of nitrogens with zero attached hydrogens (tertiary/aromatic N) is 1. The zero-order valence-electron chi connectivity index (χ0n) is 31.3. The van der Waals surface area contributed by atoms with Gasteiger partial charge in [-0.2, -0.15) is 5.26 Å². The first-order valence-corrected chi connectivity index (χ1v) is 18.7. The summed E-state index contributed by atoms with van der Waals surface area (Å²) in [5.74, 6) is 1.51. The van der Waals surface area contributed by atoms with Crippen molar-refractivity contribution in [3.8, 4) is 6.07 Å². The first-order chi connectivity index (χ1) is 21.8. The van der Waals surface area contributed by atoms with Gasteiger partial charge in [0.1, 0.15) is 0 Å². The van der Waals surface area contributed by atoms with Gasteiger partial charge in [-0.05, 0) is 116 Å². The summed E-state index contributed by atoms with van der Waals surface area (Å²) in [6.07, 6.45) is 7.91. The Bertz CT molecular complexity index is 1240. The molecule has 0 saturated heterocycles. The minimum Gasteiger partial charge on any atom is -0.394 e. The molecule has 0 aromatic carbocycles. The van der Waals surface area contributed by atoms with E-state index in [0.29, 0.717) is 18.3 Å². The van der Waals surface area contributed by atoms with Crippen LogP contribution in [0.5, 0.6) is 0 Å². The van der Waals surface area contributed by atoms with Gasteiger partial charge in [0.25, 0.3) is 0 Å². The molecule has 0 aromatic rings. The van der Waals surface area contributed by atoms with Crippen LogP contribution in [0.2, 0.25) is 0 Å². The molecule has 0 aromatic heterocycles. The molecule has 5 unspecified atom stereocenters. The number of rotatable bonds is 11. The highest BCUT2D eigenvalue weighted by Crippen LogP contribution is 2.76. The summed E-state index contributed by atoms with van der Waals surface area (Å²) in [6.45, 7) is 26.0. The molecule has 2 amide bonds. The van der Waals surface area contributed by atoms with Crippen LogP contribution in [0, 0.1) is 79.8 Å². The lowest BCUT2D eigenvalue weighted by molar-refractivity contribution is -0.226. The van der Waals surface area contributed by atoms with Crippen molar-refractivity contribution < 1.29 is 19.8 Å². The largest absolute Gasteiger partial charge is 0.394 e. The lowest BCUT2D eigenvalue weighted by atomic mass is 9.33. The van der Waals surface area contributed by atoms with Gasteiger partial charge in [0, 0.05) is 11.8 Å². The Kier molecular flexibility index (Phi) is 10.8. The van der Waals surface area contributed by atoms with Crippen molar-refractivity contribution in [3.05, 3.63) is 12.2 Å². The fraction of sp³-hybridized carbons (Fsp3) is 0.875. The van der Waals surface area contributed by atoms with Crippen LogP contribution in [0.15, 0.2) is 12.2 Å². The summed E-state index contributed by atoms with van der Waals surface area (Å²) in [4.78, 5) is 28.3. The smallest absolute Gasteiger partial charge is 0.226 e. The fourth-order valence-corrected chi connectivity index (χ4v) is 12.2. The Labute approximate surface area is 286 Å². The number of carbonyl (C=O) groups excluding carboxylic acids is 2. The zero-order valence-corrected chi connectivity index (χ0v) is 31.3. The molecule has 4 N–H and O–H groups in total. The molecule has 0 heterocycles. The molecule has 266 valence electrons. The minimum atomic E-state index is -0.705. The number of aliphatic hydroxyl groups excluding tert-OH is 2. The molecular formula is C40H67N3O4. The predicted octanol–water partition coefficient (Wildman–Crippen LogP) is 7.03. The summed E-state index contributed by atoms with van der Waals surface area (Å²) in [5, 5.41) is 36.9. The molecule has 0 bridgehead atoms. The van der Waals surface area contributed by atoms with Gasteiger partial charge in [0.2, 0.25) is 11.8 Å². The van der Waals surface area contributed by atoms with Crippen LogP contribution in [0.4, 0.5) is 0 Å². The Morgan fingerprint density at radius 2 is 1.49 bits per heavy atom. The average Bonchev–Trinajstić information content (AvgIpc) is 3.40. The van der Waals surface area contributed by atoms with Crippen LogP contribution in [0.3, 0.4) is 0 Å². The van der Waals surface area contributed by atoms with E-state index < -0.39 is 10.8 Å². The first-order valence-electron chi connectivity index (χ1n) is 18.7. The summed E-state index contributed by atoms with van der Waals surface area (Å²) >= 11 is 0. The third kappa shape index (κ3) is 5.90. The molecule has 47 heavy (non-hydrogen) atoms. The number of aliphatic hydroxyl groups is 2. The molecule has 11 atom stereocenters. The van der Waals surface area contributed by atoms with Crippen molar-refractivity contribution in [3.63, 3.8) is 0 Å². The maximum atomic E-state index is 14.4. The Morgan fingerprint density at radius 1 is 0.894 bits per heavy atom. The zero-order chi connectivity index (χ0) is 35.3. The van der Waals surface area contributed by atoms with Gasteiger partial charge < -0.3 is 20.8 Å². The second-order valence-corrected chi connectivity index (χ2v) is 18.4. The molecule has 4 rings (SSSR count). The van der Waals surface area contributed by atoms with E-state index in [2.05, 4.69) is 64.8 Å². The van der Waals surface area contributed by atoms with Crippen molar-refractivity contribution >= 4 is 11.8 Å². The van der Waals surface area contributed by atoms with Gasteiger partial charge >= 0.3 is 0 Å². The molecule has 4 saturated carbocycles. The van der Waals surface area contributed by atoms with Crippen molar-refractivity contribution in [1.82, 2.24) is 10.6 Å². The molecule has 0 spiro atoms. The van der Waals surface area contributed by atoms with E-state index in [4.69, 9.17) is 0 Å². The second kappa shape index (κ2) is 13.4. The molecule has 7 heteroatoms. The molecule has 7 nitrogen and oxygen atoms in total. The molecule has 0 radical (unpaired) electrons. The molecule has 0 aliphatic heterocycles. The topological polar surface area (TPSA) is 122 Å². The molecule has 4 aliphatic rings. The maximum absolute atomic E-state index is 14.4. The van der Waals surface area contributed by atoms with E-state index in [1.807, 2.05) is 27.7 Å². The monoisotopic (exact) mass is 654 g/mol. The van der Waals surface area contributed by atoms with Crippen LogP contribution < -0.4 is 10.6 Å². The van der Waals surface area contributed by atoms with Gasteiger partial charge in [-0.3, -0.25) is 9.59 Å². The number of nitrogens with one attached hydrogen (secondary N) is 2. The summed E-state index contributed by atoms with van der Waals surface area (Å²) in [7, 11) is 0. The van der Waals surface area contributed by atoms with Crippen molar-refractivity contribution in [1.29, 1.82) is 5.26 Å². The number of nitriles is 1. The lowest BCUT2D eigenvalue weighted by Crippen LogP contribution is -2.67. The van der Waals surface area contributed by atoms with E-state index in [1.165, 1.54) is 5.57 Å². The third-order valence-electron chi connectivity index (χ3n) is 15.3. The van der Waals surface area contributed by atoms with E-state index in [1.54, 1.807) is 0 Å². The van der Waals surface area contributed by atoms with Crippen LogP contribution in [-0.4, -0.2) is 47.3 Å². The van der Waals surface area contributed by atoms with Crippen LogP contribution in [0.1, 0.15) is 127 Å². The Hall–Kier alpha value is -1.91. The van der Waals surface area contributed by atoms with Gasteiger partial charge in [0.05, 0.1) is 36.8 Å². The Balaban J connectivity index is 1.73. The van der Waals surface area contributed by atoms with E-state index in [0.717, 1.165) is 51.4 Å². The maximum Gasteiger partial charge on any atom is 0.226 e. The number of amides is 2. The van der Waals surface area contributed by atoms with E-state index in [9.17, 15) is 25.1 Å². The number of hydrogen-bond acceptors (Lipinski definition) is 5. The summed E-state index contributed by atoms with van der Waals surface area (Å²) in [5.41, 5.74) is -0.409. The van der Waals surface area contributed by atoms with E-state index >= 15 is 0 Å².